The number of nitrogens with one attached hydrogen (secondary N) is 2. The number of aromatic nitrogens is 2. The molecule has 1 aliphatic rings. The summed E-state index contributed by atoms with van der Waals surface area (Å²) in [4.78, 5) is 40.0. The van der Waals surface area contributed by atoms with Gasteiger partial charge in [-0.25, -0.2) is 0 Å². The lowest BCUT2D eigenvalue weighted by Gasteiger charge is -2.20. The second kappa shape index (κ2) is 11.0. The normalized spacial score (nSPS) is 14.2. The van der Waals surface area contributed by atoms with E-state index >= 15 is 0 Å². The summed E-state index contributed by atoms with van der Waals surface area (Å²) >= 11 is 0. The van der Waals surface area contributed by atoms with Crippen molar-refractivity contribution in [1.29, 1.82) is 0 Å². The molecular formula is C26H31N5O3. The highest BCUT2D eigenvalue weighted by atomic mass is 16.2. The van der Waals surface area contributed by atoms with E-state index in [0.717, 1.165) is 30.9 Å². The van der Waals surface area contributed by atoms with E-state index in [-0.39, 0.29) is 23.7 Å². The van der Waals surface area contributed by atoms with Gasteiger partial charge >= 0.3 is 0 Å². The standard InChI is InChI=1S/C26H31N5O3/c1-2-8-22(26(34)28-19-9-7-10-20(17-19)30-14-5-6-15-30)29-25(33)13-16-31-23-12-4-3-11-21(23)24(32)18-27-31/h3-4,7,9-12,17-18,22H,2,5-6,8,13-16H2,1H3,(H,28,34)(H,29,33). The quantitative estimate of drug-likeness (QED) is 0.510. The van der Waals surface area contributed by atoms with Crippen LogP contribution in [0.25, 0.3) is 10.9 Å². The Bertz CT molecular complexity index is 1220. The first-order valence-electron chi connectivity index (χ1n) is 12.0. The molecule has 3 aromatic rings. The molecular weight excluding hydrogens is 430 g/mol. The predicted octanol–water partition coefficient (Wildman–Crippen LogP) is 3.31. The largest absolute Gasteiger partial charge is 0.371 e. The maximum Gasteiger partial charge on any atom is 0.246 e. The summed E-state index contributed by atoms with van der Waals surface area (Å²) in [6.45, 7) is 4.36. The van der Waals surface area contributed by atoms with E-state index in [1.165, 1.54) is 19.0 Å². The summed E-state index contributed by atoms with van der Waals surface area (Å²) in [5, 5.41) is 10.6. The zero-order valence-electron chi connectivity index (χ0n) is 19.5. The number of nitrogens with zero attached hydrogens (tertiary/aromatic N) is 3. The van der Waals surface area contributed by atoms with Crippen molar-refractivity contribution in [3.63, 3.8) is 0 Å². The van der Waals surface area contributed by atoms with E-state index in [4.69, 9.17) is 0 Å². The number of carbonyl (C=O) groups excluding carboxylic acids is 2. The van der Waals surface area contributed by atoms with Gasteiger partial charge in [0.2, 0.25) is 17.2 Å². The van der Waals surface area contributed by atoms with Gasteiger partial charge in [0.1, 0.15) is 6.04 Å². The topological polar surface area (TPSA) is 96.3 Å². The summed E-state index contributed by atoms with van der Waals surface area (Å²) in [6.07, 6.45) is 5.10. The number of para-hydroxylation sites is 1. The number of hydrogen-bond acceptors (Lipinski definition) is 5. The molecule has 0 saturated carbocycles. The average molecular weight is 462 g/mol. The molecule has 2 aromatic carbocycles. The summed E-state index contributed by atoms with van der Waals surface area (Å²) in [7, 11) is 0. The second-order valence-corrected chi connectivity index (χ2v) is 8.64. The van der Waals surface area contributed by atoms with Crippen molar-refractivity contribution in [2.45, 2.75) is 51.6 Å². The van der Waals surface area contributed by atoms with Gasteiger partial charge in [-0.1, -0.05) is 31.5 Å². The van der Waals surface area contributed by atoms with E-state index in [2.05, 4.69) is 26.7 Å². The van der Waals surface area contributed by atoms with E-state index in [9.17, 15) is 14.4 Å². The molecule has 1 unspecified atom stereocenters. The highest BCUT2D eigenvalue weighted by molar-refractivity contribution is 5.97. The summed E-state index contributed by atoms with van der Waals surface area (Å²) < 4.78 is 1.65. The Hall–Kier alpha value is -3.68. The first-order valence-corrected chi connectivity index (χ1v) is 12.0. The van der Waals surface area contributed by atoms with E-state index in [0.29, 0.717) is 23.9 Å². The number of aryl methyl sites for hydroxylation is 1. The molecule has 1 atom stereocenters. The SMILES string of the molecule is CCCC(NC(=O)CCn1ncc(=O)c2ccccc21)C(=O)Nc1cccc(N2CCCC2)c1. The molecule has 1 aromatic heterocycles. The van der Waals surface area contributed by atoms with Crippen LogP contribution in [0.1, 0.15) is 39.0 Å². The Morgan fingerprint density at radius 3 is 2.68 bits per heavy atom. The molecule has 0 radical (unpaired) electrons. The molecule has 2 heterocycles. The smallest absolute Gasteiger partial charge is 0.246 e. The van der Waals surface area contributed by atoms with Gasteiger partial charge in [0, 0.05) is 36.3 Å². The van der Waals surface area contributed by atoms with Crippen LogP contribution in [0.3, 0.4) is 0 Å². The Balaban J connectivity index is 1.37. The predicted molar refractivity (Wildman–Crippen MR) is 134 cm³/mol. The van der Waals surface area contributed by atoms with Crippen molar-refractivity contribution < 1.29 is 9.59 Å². The highest BCUT2D eigenvalue weighted by Crippen LogP contribution is 2.23. The van der Waals surface area contributed by atoms with Crippen LogP contribution in [0, 0.1) is 0 Å². The Morgan fingerprint density at radius 2 is 1.88 bits per heavy atom. The lowest BCUT2D eigenvalue weighted by molar-refractivity contribution is -0.126. The fourth-order valence-corrected chi connectivity index (χ4v) is 4.36. The molecule has 0 aliphatic carbocycles. The minimum atomic E-state index is -0.619. The van der Waals surface area contributed by atoms with E-state index in [1.54, 1.807) is 16.8 Å². The molecule has 4 rings (SSSR count). The van der Waals surface area contributed by atoms with Crippen molar-refractivity contribution >= 4 is 34.1 Å². The van der Waals surface area contributed by atoms with Crippen LogP contribution in [0.4, 0.5) is 11.4 Å². The van der Waals surface area contributed by atoms with Crippen molar-refractivity contribution in [2.24, 2.45) is 0 Å². The highest BCUT2D eigenvalue weighted by Gasteiger charge is 2.21. The number of carbonyl (C=O) groups is 2. The first-order chi connectivity index (χ1) is 16.5. The number of amides is 2. The maximum atomic E-state index is 13.0. The van der Waals surface area contributed by atoms with Gasteiger partial charge in [-0.3, -0.25) is 19.1 Å². The molecule has 8 heteroatoms. The maximum absolute atomic E-state index is 13.0. The second-order valence-electron chi connectivity index (χ2n) is 8.64. The van der Waals surface area contributed by atoms with Gasteiger partial charge in [0.05, 0.1) is 18.3 Å². The van der Waals surface area contributed by atoms with E-state index < -0.39 is 6.04 Å². The van der Waals surface area contributed by atoms with Crippen molar-refractivity contribution in [3.05, 3.63) is 65.0 Å². The van der Waals surface area contributed by atoms with Gasteiger partial charge < -0.3 is 15.5 Å². The minimum absolute atomic E-state index is 0.148. The van der Waals surface area contributed by atoms with Crippen LogP contribution in [0.5, 0.6) is 0 Å². The third-order valence-corrected chi connectivity index (χ3v) is 6.13. The lowest BCUT2D eigenvalue weighted by Crippen LogP contribution is -2.44. The molecule has 1 aliphatic heterocycles. The van der Waals surface area contributed by atoms with Gasteiger partial charge in [0.25, 0.3) is 0 Å². The molecule has 1 saturated heterocycles. The third kappa shape index (κ3) is 5.62. The number of hydrogen-bond donors (Lipinski definition) is 2. The summed E-state index contributed by atoms with van der Waals surface area (Å²) in [6, 6.07) is 14.4. The third-order valence-electron chi connectivity index (χ3n) is 6.13. The Morgan fingerprint density at radius 1 is 1.09 bits per heavy atom. The molecule has 0 bridgehead atoms. The fourth-order valence-electron chi connectivity index (χ4n) is 4.36. The molecule has 178 valence electrons. The molecule has 2 amide bonds. The summed E-state index contributed by atoms with van der Waals surface area (Å²) in [5.41, 5.74) is 2.37. The molecule has 34 heavy (non-hydrogen) atoms. The van der Waals surface area contributed by atoms with Gasteiger partial charge in [-0.05, 0) is 49.6 Å². The van der Waals surface area contributed by atoms with Gasteiger partial charge in [-0.15, -0.1) is 0 Å². The number of anilines is 2. The van der Waals surface area contributed by atoms with Gasteiger partial charge in [-0.2, -0.15) is 5.10 Å². The van der Waals surface area contributed by atoms with Crippen LogP contribution >= 0.6 is 0 Å². The number of rotatable bonds is 9. The molecule has 1 fully saturated rings. The van der Waals surface area contributed by atoms with Crippen molar-refractivity contribution in [2.75, 3.05) is 23.3 Å². The summed E-state index contributed by atoms with van der Waals surface area (Å²) in [5.74, 6) is -0.454. The minimum Gasteiger partial charge on any atom is -0.371 e. The zero-order valence-corrected chi connectivity index (χ0v) is 19.5. The van der Waals surface area contributed by atoms with Crippen molar-refractivity contribution in [1.82, 2.24) is 15.1 Å². The first kappa shape index (κ1) is 23.5. The monoisotopic (exact) mass is 461 g/mol. The Labute approximate surface area is 199 Å². The number of benzene rings is 2. The van der Waals surface area contributed by atoms with Gasteiger partial charge in [0.15, 0.2) is 0 Å². The molecule has 0 spiro atoms. The molecule has 2 N–H and O–H groups in total. The van der Waals surface area contributed by atoms with Crippen LogP contribution in [-0.2, 0) is 16.1 Å². The number of fused-ring (bicyclic) bond motifs is 1. The van der Waals surface area contributed by atoms with E-state index in [1.807, 2.05) is 37.3 Å². The van der Waals surface area contributed by atoms with Crippen LogP contribution in [0.15, 0.2) is 59.5 Å². The zero-order chi connectivity index (χ0) is 23.9. The van der Waals surface area contributed by atoms with Crippen LogP contribution < -0.4 is 21.0 Å². The van der Waals surface area contributed by atoms with Crippen molar-refractivity contribution in [3.8, 4) is 0 Å². The fraction of sp³-hybridized carbons (Fsp3) is 0.385. The average Bonchev–Trinajstić information content (AvgIpc) is 3.39. The van der Waals surface area contributed by atoms with Crippen LogP contribution in [-0.4, -0.2) is 40.7 Å². The Kier molecular flexibility index (Phi) is 7.57. The van der Waals surface area contributed by atoms with Crippen LogP contribution in [0.2, 0.25) is 0 Å². The molecule has 8 nitrogen and oxygen atoms in total. The lowest BCUT2D eigenvalue weighted by atomic mass is 10.1.